The Kier molecular flexibility index (Phi) is 12.8. The number of unbranched alkanes of at least 4 members (excludes halogenated alkanes) is 6. The molecule has 3 nitrogen and oxygen atoms in total. The molecule has 1 aliphatic rings. The van der Waals surface area contributed by atoms with Crippen LogP contribution in [-0.2, 0) is 14.3 Å². The highest BCUT2D eigenvalue weighted by atomic mass is 32.2. The minimum atomic E-state index is -0.121. The molecule has 1 fully saturated rings. The van der Waals surface area contributed by atoms with Gasteiger partial charge in [0.25, 0.3) is 0 Å². The average molecular weight is 383 g/mol. The molecule has 3 unspecified atom stereocenters. The molecule has 0 saturated heterocycles. The van der Waals surface area contributed by atoms with Crippen LogP contribution in [0.4, 0.5) is 0 Å². The molecule has 1 aliphatic carbocycles. The largest absolute Gasteiger partial charge is 0.469 e. The van der Waals surface area contributed by atoms with Crippen molar-refractivity contribution < 1.29 is 14.3 Å². The molecule has 0 heterocycles. The Morgan fingerprint density at radius 3 is 2.69 bits per heavy atom. The van der Waals surface area contributed by atoms with E-state index in [4.69, 9.17) is 0 Å². The molecule has 0 bridgehead atoms. The van der Waals surface area contributed by atoms with Crippen molar-refractivity contribution in [1.29, 1.82) is 0 Å². The van der Waals surface area contributed by atoms with Gasteiger partial charge in [-0.15, -0.1) is 0 Å². The van der Waals surface area contributed by atoms with Crippen LogP contribution in [0.15, 0.2) is 12.2 Å². The third kappa shape index (κ3) is 8.75. The maximum Gasteiger partial charge on any atom is 0.305 e. The molecule has 4 heteroatoms. The van der Waals surface area contributed by atoms with Crippen molar-refractivity contribution in [3.8, 4) is 0 Å². The van der Waals surface area contributed by atoms with Crippen LogP contribution in [0, 0.1) is 11.8 Å². The van der Waals surface area contributed by atoms with Gasteiger partial charge in [0, 0.05) is 24.0 Å². The Morgan fingerprint density at radius 1 is 1.23 bits per heavy atom. The van der Waals surface area contributed by atoms with E-state index in [-0.39, 0.29) is 11.9 Å². The van der Waals surface area contributed by atoms with Gasteiger partial charge in [-0.05, 0) is 44.3 Å². The van der Waals surface area contributed by atoms with Crippen molar-refractivity contribution in [3.05, 3.63) is 12.2 Å². The van der Waals surface area contributed by atoms with E-state index in [9.17, 15) is 9.59 Å². The number of carbonyl (C=O) groups excluding carboxylic acids is 2. The number of carbonyl (C=O) groups is 2. The van der Waals surface area contributed by atoms with Crippen LogP contribution in [0.1, 0.15) is 84.0 Å². The number of hydrogen-bond acceptors (Lipinski definition) is 4. The van der Waals surface area contributed by atoms with Crippen LogP contribution in [0.25, 0.3) is 0 Å². The molecular weight excluding hydrogens is 344 g/mol. The number of allylic oxidation sites excluding steroid dienone is 1. The van der Waals surface area contributed by atoms with E-state index in [0.29, 0.717) is 23.4 Å². The number of ether oxygens (including phenoxy) is 1. The molecule has 0 aromatic carbocycles. The molecule has 0 radical (unpaired) electrons. The first-order valence-electron chi connectivity index (χ1n) is 10.4. The van der Waals surface area contributed by atoms with E-state index in [2.05, 4.69) is 30.1 Å². The highest BCUT2D eigenvalue weighted by Gasteiger charge is 2.37. The van der Waals surface area contributed by atoms with Crippen molar-refractivity contribution in [1.82, 2.24) is 0 Å². The summed E-state index contributed by atoms with van der Waals surface area (Å²) in [4.78, 5) is 23.5. The van der Waals surface area contributed by atoms with E-state index in [0.717, 1.165) is 51.4 Å². The molecule has 0 aliphatic heterocycles. The Labute approximate surface area is 164 Å². The lowest BCUT2D eigenvalue weighted by atomic mass is 9.87. The zero-order valence-corrected chi connectivity index (χ0v) is 17.8. The van der Waals surface area contributed by atoms with Gasteiger partial charge in [0.1, 0.15) is 5.78 Å². The van der Waals surface area contributed by atoms with Gasteiger partial charge in [0.05, 0.1) is 7.11 Å². The fourth-order valence-corrected chi connectivity index (χ4v) is 4.87. The van der Waals surface area contributed by atoms with Crippen molar-refractivity contribution in [2.45, 2.75) is 89.2 Å². The standard InChI is InChI=1S/C22H38O3S/c1-4-5-6-7-11-14-21(26-3)19-16-17-20(23)18(19)13-10-8-9-12-15-22(24)25-2/h11,14,18-19,21H,4-10,12-13,15-17H2,1-3H3/b14-11+. The highest BCUT2D eigenvalue weighted by Crippen LogP contribution is 2.39. The molecule has 26 heavy (non-hydrogen) atoms. The van der Waals surface area contributed by atoms with Crippen molar-refractivity contribution in [3.63, 3.8) is 0 Å². The zero-order valence-electron chi connectivity index (χ0n) is 17.0. The van der Waals surface area contributed by atoms with E-state index in [1.54, 1.807) is 0 Å². The molecule has 0 amide bonds. The molecule has 1 rings (SSSR count). The lowest BCUT2D eigenvalue weighted by molar-refractivity contribution is -0.140. The third-order valence-electron chi connectivity index (χ3n) is 5.52. The van der Waals surface area contributed by atoms with Crippen LogP contribution >= 0.6 is 11.8 Å². The molecule has 0 N–H and O–H groups in total. The molecule has 3 atom stereocenters. The summed E-state index contributed by atoms with van der Waals surface area (Å²) in [5.41, 5.74) is 0. The maximum absolute atomic E-state index is 12.4. The molecule has 0 spiro atoms. The zero-order chi connectivity index (χ0) is 19.2. The minimum absolute atomic E-state index is 0.121. The van der Waals surface area contributed by atoms with Crippen LogP contribution < -0.4 is 0 Å². The van der Waals surface area contributed by atoms with E-state index < -0.39 is 0 Å². The summed E-state index contributed by atoms with van der Waals surface area (Å²) < 4.78 is 4.67. The second kappa shape index (κ2) is 14.3. The van der Waals surface area contributed by atoms with Crippen molar-refractivity contribution in [2.24, 2.45) is 11.8 Å². The van der Waals surface area contributed by atoms with Crippen LogP contribution in [-0.4, -0.2) is 30.4 Å². The van der Waals surface area contributed by atoms with Gasteiger partial charge in [-0.1, -0.05) is 51.2 Å². The summed E-state index contributed by atoms with van der Waals surface area (Å²) in [7, 11) is 1.44. The van der Waals surface area contributed by atoms with Gasteiger partial charge < -0.3 is 4.74 Å². The Bertz CT molecular complexity index is 433. The number of Topliss-reactive ketones (excluding diaryl/α,β-unsaturated/α-hetero) is 1. The number of rotatable bonds is 14. The first-order valence-corrected chi connectivity index (χ1v) is 11.7. The quantitative estimate of drug-likeness (QED) is 0.211. The van der Waals surface area contributed by atoms with Crippen LogP contribution in [0.3, 0.4) is 0 Å². The van der Waals surface area contributed by atoms with Crippen molar-refractivity contribution in [2.75, 3.05) is 13.4 Å². The summed E-state index contributed by atoms with van der Waals surface area (Å²) >= 11 is 1.90. The first-order chi connectivity index (χ1) is 12.6. The number of methoxy groups -OCH3 is 1. The predicted molar refractivity (Wildman–Crippen MR) is 112 cm³/mol. The number of esters is 1. The van der Waals surface area contributed by atoms with Gasteiger partial charge in [-0.25, -0.2) is 0 Å². The highest BCUT2D eigenvalue weighted by molar-refractivity contribution is 7.99. The van der Waals surface area contributed by atoms with E-state index in [1.807, 2.05) is 11.8 Å². The first kappa shape index (κ1) is 23.3. The number of thioether (sulfide) groups is 1. The molecule has 0 aromatic heterocycles. The van der Waals surface area contributed by atoms with E-state index in [1.165, 1.54) is 26.4 Å². The lowest BCUT2D eigenvalue weighted by Gasteiger charge is -2.24. The van der Waals surface area contributed by atoms with Crippen molar-refractivity contribution >= 4 is 23.5 Å². The van der Waals surface area contributed by atoms with Crippen LogP contribution in [0.5, 0.6) is 0 Å². The van der Waals surface area contributed by atoms with Gasteiger partial charge >= 0.3 is 5.97 Å². The number of ketones is 1. The van der Waals surface area contributed by atoms with Gasteiger partial charge in [-0.2, -0.15) is 11.8 Å². The minimum Gasteiger partial charge on any atom is -0.469 e. The lowest BCUT2D eigenvalue weighted by Crippen LogP contribution is -2.23. The Morgan fingerprint density at radius 2 is 2.00 bits per heavy atom. The SMILES string of the molecule is CCCCC/C=C/C(SC)C1CCC(=O)C1CCCCCCC(=O)OC. The summed E-state index contributed by atoms with van der Waals surface area (Å²) in [6.07, 6.45) is 19.4. The fraction of sp³-hybridized carbons (Fsp3) is 0.818. The predicted octanol–water partition coefficient (Wildman–Crippen LogP) is 5.96. The topological polar surface area (TPSA) is 43.4 Å². The Balaban J connectivity index is 2.37. The summed E-state index contributed by atoms with van der Waals surface area (Å²) in [5, 5.41) is 0.479. The summed E-state index contributed by atoms with van der Waals surface area (Å²) in [5.74, 6) is 1.11. The molecule has 1 saturated carbocycles. The summed E-state index contributed by atoms with van der Waals surface area (Å²) in [6, 6.07) is 0. The van der Waals surface area contributed by atoms with Gasteiger partial charge in [-0.3, -0.25) is 9.59 Å². The second-order valence-corrected chi connectivity index (χ2v) is 8.44. The summed E-state index contributed by atoms with van der Waals surface area (Å²) in [6.45, 7) is 2.23. The maximum atomic E-state index is 12.4. The fourth-order valence-electron chi connectivity index (χ4n) is 3.93. The molecular formula is C22H38O3S. The van der Waals surface area contributed by atoms with Crippen LogP contribution in [0.2, 0.25) is 0 Å². The third-order valence-corrected chi connectivity index (χ3v) is 6.57. The van der Waals surface area contributed by atoms with E-state index >= 15 is 0 Å². The monoisotopic (exact) mass is 382 g/mol. The number of hydrogen-bond donors (Lipinski definition) is 0. The molecule has 0 aromatic rings. The Hall–Kier alpha value is -0.770. The average Bonchev–Trinajstić information content (AvgIpc) is 3.01. The van der Waals surface area contributed by atoms with Gasteiger partial charge in [0.15, 0.2) is 0 Å². The molecule has 150 valence electrons. The second-order valence-electron chi connectivity index (χ2n) is 7.43. The smallest absolute Gasteiger partial charge is 0.305 e. The van der Waals surface area contributed by atoms with Gasteiger partial charge in [0.2, 0.25) is 0 Å². The normalized spacial score (nSPS) is 21.4.